The quantitative estimate of drug-likeness (QED) is 0.829. The Morgan fingerprint density at radius 2 is 2.13 bits per heavy atom. The molecular weight excluding hydrogens is 195 g/mol. The minimum atomic E-state index is -0.460. The molecule has 0 bridgehead atoms. The van der Waals surface area contributed by atoms with Gasteiger partial charge in [-0.15, -0.1) is 0 Å². The van der Waals surface area contributed by atoms with Crippen LogP contribution in [0.2, 0.25) is 0 Å². The number of methoxy groups -OCH3 is 1. The van der Waals surface area contributed by atoms with Gasteiger partial charge in [-0.1, -0.05) is 13.8 Å². The maximum atomic E-state index is 13.4. The summed E-state index contributed by atoms with van der Waals surface area (Å²) >= 11 is 0. The largest absolute Gasteiger partial charge is 0.379 e. The van der Waals surface area contributed by atoms with Crippen LogP contribution in [-0.2, 0) is 4.74 Å². The molecule has 0 aliphatic rings. The second-order valence-corrected chi connectivity index (χ2v) is 3.87. The molecule has 0 amide bonds. The van der Waals surface area contributed by atoms with Crippen molar-refractivity contribution < 1.29 is 9.13 Å². The van der Waals surface area contributed by atoms with E-state index in [4.69, 9.17) is 10.5 Å². The Hall–Kier alpha value is -1.00. The van der Waals surface area contributed by atoms with E-state index in [-0.39, 0.29) is 17.8 Å². The molecule has 1 rings (SSSR count). The van der Waals surface area contributed by atoms with Crippen LogP contribution in [0, 0.1) is 11.7 Å². The van der Waals surface area contributed by atoms with Crippen molar-refractivity contribution in [1.82, 2.24) is 4.98 Å². The van der Waals surface area contributed by atoms with Crippen LogP contribution >= 0.6 is 0 Å². The number of aromatic nitrogens is 1. The van der Waals surface area contributed by atoms with E-state index in [1.54, 1.807) is 13.2 Å². The molecule has 0 aromatic carbocycles. The average molecular weight is 212 g/mol. The zero-order chi connectivity index (χ0) is 11.4. The number of ether oxygens (including phenoxy) is 1. The number of nitrogens with two attached hydrogens (primary N) is 1. The second kappa shape index (κ2) is 5.19. The van der Waals surface area contributed by atoms with Crippen LogP contribution in [0.4, 0.5) is 4.39 Å². The minimum Gasteiger partial charge on any atom is -0.379 e. The average Bonchev–Trinajstić information content (AvgIpc) is 2.18. The summed E-state index contributed by atoms with van der Waals surface area (Å²) in [6.07, 6.45) is 2.51. The Labute approximate surface area is 89.5 Å². The fraction of sp³-hybridized carbons (Fsp3) is 0.545. The van der Waals surface area contributed by atoms with Gasteiger partial charge in [-0.3, -0.25) is 4.98 Å². The van der Waals surface area contributed by atoms with Gasteiger partial charge >= 0.3 is 0 Å². The normalized spacial score (nSPS) is 15.3. The highest BCUT2D eigenvalue weighted by atomic mass is 19.1. The van der Waals surface area contributed by atoms with Gasteiger partial charge < -0.3 is 10.5 Å². The van der Waals surface area contributed by atoms with Crippen molar-refractivity contribution >= 4 is 0 Å². The van der Waals surface area contributed by atoms with Crippen LogP contribution in [0.15, 0.2) is 18.5 Å². The molecule has 0 fully saturated rings. The highest BCUT2D eigenvalue weighted by Crippen LogP contribution is 2.23. The van der Waals surface area contributed by atoms with Crippen LogP contribution in [0.1, 0.15) is 25.5 Å². The fourth-order valence-corrected chi connectivity index (χ4v) is 1.67. The van der Waals surface area contributed by atoms with E-state index >= 15 is 0 Å². The van der Waals surface area contributed by atoms with Gasteiger partial charge in [0.2, 0.25) is 0 Å². The Balaban J connectivity index is 2.92. The second-order valence-electron chi connectivity index (χ2n) is 3.87. The zero-order valence-corrected chi connectivity index (χ0v) is 9.27. The molecule has 1 heterocycles. The molecule has 4 heteroatoms. The van der Waals surface area contributed by atoms with E-state index in [0.29, 0.717) is 5.56 Å². The smallest absolute Gasteiger partial charge is 0.146 e. The van der Waals surface area contributed by atoms with E-state index in [9.17, 15) is 4.39 Å². The summed E-state index contributed by atoms with van der Waals surface area (Å²) in [4.78, 5) is 3.69. The molecule has 0 aliphatic carbocycles. The lowest BCUT2D eigenvalue weighted by atomic mass is 9.94. The molecule has 0 spiro atoms. The van der Waals surface area contributed by atoms with Gasteiger partial charge in [-0.05, 0) is 12.0 Å². The molecule has 15 heavy (non-hydrogen) atoms. The number of hydrogen-bond donors (Lipinski definition) is 1. The molecule has 0 saturated carbocycles. The van der Waals surface area contributed by atoms with Crippen molar-refractivity contribution in [3.63, 3.8) is 0 Å². The summed E-state index contributed by atoms with van der Waals surface area (Å²) in [6, 6.07) is 1.13. The first kappa shape index (κ1) is 12.1. The van der Waals surface area contributed by atoms with Crippen LogP contribution in [0.5, 0.6) is 0 Å². The van der Waals surface area contributed by atoms with Crippen molar-refractivity contribution in [2.45, 2.75) is 26.0 Å². The minimum absolute atomic E-state index is 0.193. The van der Waals surface area contributed by atoms with Crippen LogP contribution in [0.3, 0.4) is 0 Å². The molecule has 0 radical (unpaired) electrons. The van der Waals surface area contributed by atoms with Gasteiger partial charge in [0.25, 0.3) is 0 Å². The Bertz CT molecular complexity index is 317. The molecule has 0 aliphatic heterocycles. The lowest BCUT2D eigenvalue weighted by Gasteiger charge is -2.26. The SMILES string of the molecule is COC(C(C)C)C(N)c1ccncc1F. The van der Waals surface area contributed by atoms with Gasteiger partial charge in [-0.25, -0.2) is 4.39 Å². The summed E-state index contributed by atoms with van der Waals surface area (Å²) in [6.45, 7) is 3.99. The number of halogens is 1. The molecule has 2 N–H and O–H groups in total. The highest BCUT2D eigenvalue weighted by molar-refractivity contribution is 5.18. The molecular formula is C11H17FN2O. The third kappa shape index (κ3) is 2.73. The molecule has 84 valence electrons. The molecule has 1 aromatic heterocycles. The van der Waals surface area contributed by atoms with E-state index in [2.05, 4.69) is 4.98 Å². The maximum absolute atomic E-state index is 13.4. The van der Waals surface area contributed by atoms with Crippen LogP contribution in [-0.4, -0.2) is 18.2 Å². The monoisotopic (exact) mass is 212 g/mol. The van der Waals surface area contributed by atoms with E-state index in [1.165, 1.54) is 12.4 Å². The van der Waals surface area contributed by atoms with E-state index < -0.39 is 6.04 Å². The Kier molecular flexibility index (Phi) is 4.17. The van der Waals surface area contributed by atoms with Crippen LogP contribution < -0.4 is 5.73 Å². The Morgan fingerprint density at radius 3 is 2.60 bits per heavy atom. The van der Waals surface area contributed by atoms with Crippen molar-refractivity contribution in [2.75, 3.05) is 7.11 Å². The molecule has 0 saturated heterocycles. The molecule has 2 unspecified atom stereocenters. The predicted molar refractivity (Wildman–Crippen MR) is 56.8 cm³/mol. The predicted octanol–water partition coefficient (Wildman–Crippen LogP) is 1.89. The standard InChI is InChI=1S/C11H17FN2O/c1-7(2)11(15-3)10(13)8-4-5-14-6-9(8)12/h4-7,10-11H,13H2,1-3H3. The van der Waals surface area contributed by atoms with Crippen molar-refractivity contribution in [3.8, 4) is 0 Å². The third-order valence-electron chi connectivity index (χ3n) is 2.45. The molecule has 1 aromatic rings. The van der Waals surface area contributed by atoms with Gasteiger partial charge in [0.1, 0.15) is 5.82 Å². The van der Waals surface area contributed by atoms with Crippen molar-refractivity contribution in [1.29, 1.82) is 0 Å². The van der Waals surface area contributed by atoms with Crippen molar-refractivity contribution in [3.05, 3.63) is 29.8 Å². The van der Waals surface area contributed by atoms with E-state index in [1.807, 2.05) is 13.8 Å². The first-order chi connectivity index (χ1) is 7.07. The van der Waals surface area contributed by atoms with Gasteiger partial charge in [0.05, 0.1) is 18.3 Å². The fourth-order valence-electron chi connectivity index (χ4n) is 1.67. The Morgan fingerprint density at radius 1 is 1.47 bits per heavy atom. The number of pyridine rings is 1. The van der Waals surface area contributed by atoms with Gasteiger partial charge in [-0.2, -0.15) is 0 Å². The maximum Gasteiger partial charge on any atom is 0.146 e. The molecule has 2 atom stereocenters. The summed E-state index contributed by atoms with van der Waals surface area (Å²) in [5.41, 5.74) is 6.41. The van der Waals surface area contributed by atoms with Crippen molar-refractivity contribution in [2.24, 2.45) is 11.7 Å². The lowest BCUT2D eigenvalue weighted by molar-refractivity contribution is 0.0428. The number of nitrogens with zero attached hydrogens (tertiary/aromatic N) is 1. The van der Waals surface area contributed by atoms with E-state index in [0.717, 1.165) is 0 Å². The third-order valence-corrected chi connectivity index (χ3v) is 2.45. The van der Waals surface area contributed by atoms with Gasteiger partial charge in [0, 0.05) is 18.9 Å². The zero-order valence-electron chi connectivity index (χ0n) is 9.27. The summed E-state index contributed by atoms with van der Waals surface area (Å²) < 4.78 is 18.7. The summed E-state index contributed by atoms with van der Waals surface area (Å²) in [5.74, 6) is -0.148. The molecule has 3 nitrogen and oxygen atoms in total. The first-order valence-corrected chi connectivity index (χ1v) is 4.95. The first-order valence-electron chi connectivity index (χ1n) is 4.95. The van der Waals surface area contributed by atoms with Crippen LogP contribution in [0.25, 0.3) is 0 Å². The number of hydrogen-bond acceptors (Lipinski definition) is 3. The number of rotatable bonds is 4. The van der Waals surface area contributed by atoms with Gasteiger partial charge in [0.15, 0.2) is 0 Å². The summed E-state index contributed by atoms with van der Waals surface area (Å²) in [5, 5.41) is 0. The summed E-state index contributed by atoms with van der Waals surface area (Å²) in [7, 11) is 1.59. The topological polar surface area (TPSA) is 48.1 Å². The lowest BCUT2D eigenvalue weighted by Crippen LogP contribution is -2.33. The highest BCUT2D eigenvalue weighted by Gasteiger charge is 2.24.